The Morgan fingerprint density at radius 3 is 2.63 bits per heavy atom. The number of fused-ring (bicyclic) bond motifs is 1. The Morgan fingerprint density at radius 1 is 1.26 bits per heavy atom. The molecule has 0 atom stereocenters. The van der Waals surface area contributed by atoms with Gasteiger partial charge in [-0.05, 0) is 31.5 Å². The van der Waals surface area contributed by atoms with Crippen molar-refractivity contribution in [1.29, 1.82) is 0 Å². The van der Waals surface area contributed by atoms with E-state index in [4.69, 9.17) is 23.8 Å². The lowest BCUT2D eigenvalue weighted by molar-refractivity contribution is 0.570. The predicted molar refractivity (Wildman–Crippen MR) is 82.6 cm³/mol. The Kier molecular flexibility index (Phi) is 4.42. The molecule has 102 valence electrons. The topological polar surface area (TPSA) is 26.9 Å². The third-order valence-corrected chi connectivity index (χ3v) is 3.91. The summed E-state index contributed by atoms with van der Waals surface area (Å²) in [4.78, 5) is 12.5. The highest BCUT2D eigenvalue weighted by molar-refractivity contribution is 7.71. The molecule has 0 radical (unpaired) electrons. The van der Waals surface area contributed by atoms with Crippen LogP contribution < -0.4 is 5.69 Å². The average molecular weight is 297 g/mol. The molecule has 0 aliphatic heterocycles. The molecule has 1 aromatic heterocycles. The molecular formula is C14H17ClN2OS. The van der Waals surface area contributed by atoms with Crippen LogP contribution in [-0.4, -0.2) is 9.13 Å². The van der Waals surface area contributed by atoms with Crippen molar-refractivity contribution in [2.45, 2.75) is 39.8 Å². The summed E-state index contributed by atoms with van der Waals surface area (Å²) in [6.45, 7) is 5.32. The Hall–Kier alpha value is -1.13. The highest BCUT2D eigenvalue weighted by Gasteiger charge is 2.09. The van der Waals surface area contributed by atoms with Crippen LogP contribution in [0.2, 0.25) is 5.02 Å². The normalized spacial score (nSPS) is 11.1. The largest absolute Gasteiger partial charge is 0.329 e. The van der Waals surface area contributed by atoms with Crippen molar-refractivity contribution < 1.29 is 0 Å². The smallest absolute Gasteiger partial charge is 0.293 e. The van der Waals surface area contributed by atoms with Gasteiger partial charge in [0.25, 0.3) is 0 Å². The molecule has 19 heavy (non-hydrogen) atoms. The first-order chi connectivity index (χ1) is 9.10. The second-order valence-electron chi connectivity index (χ2n) is 4.50. The van der Waals surface area contributed by atoms with Gasteiger partial charge in [0.15, 0.2) is 0 Å². The predicted octanol–water partition coefficient (Wildman–Crippen LogP) is 4.01. The molecule has 0 aliphatic carbocycles. The van der Waals surface area contributed by atoms with Crippen LogP contribution in [0.1, 0.15) is 26.7 Å². The van der Waals surface area contributed by atoms with Gasteiger partial charge in [-0.25, -0.2) is 4.79 Å². The van der Waals surface area contributed by atoms with Gasteiger partial charge in [0.1, 0.15) is 4.64 Å². The highest BCUT2D eigenvalue weighted by atomic mass is 35.5. The number of nitrogens with zero attached hydrogens (tertiary/aromatic N) is 2. The maximum Gasteiger partial charge on any atom is 0.329 e. The van der Waals surface area contributed by atoms with Gasteiger partial charge < -0.3 is 0 Å². The van der Waals surface area contributed by atoms with E-state index in [0.29, 0.717) is 22.8 Å². The van der Waals surface area contributed by atoms with Crippen molar-refractivity contribution in [2.24, 2.45) is 0 Å². The fourth-order valence-corrected chi connectivity index (χ4v) is 2.75. The monoisotopic (exact) mass is 296 g/mol. The molecule has 2 aromatic rings. The van der Waals surface area contributed by atoms with Crippen LogP contribution in [0.4, 0.5) is 0 Å². The van der Waals surface area contributed by atoms with E-state index in [1.807, 2.05) is 25.1 Å². The summed E-state index contributed by atoms with van der Waals surface area (Å²) in [5.41, 5.74) is 0.788. The standard InChI is InChI=1S/C14H17ClN2OS/c1-3-5-8-17-12-9-10(15)6-7-11(12)13(19)16(4-2)14(17)18/h6-7,9H,3-5,8H2,1-2H3. The third kappa shape index (κ3) is 2.60. The number of halogens is 1. The summed E-state index contributed by atoms with van der Waals surface area (Å²) >= 11 is 11.4. The van der Waals surface area contributed by atoms with Crippen LogP contribution >= 0.6 is 23.8 Å². The lowest BCUT2D eigenvalue weighted by Gasteiger charge is -2.14. The van der Waals surface area contributed by atoms with E-state index in [-0.39, 0.29) is 5.69 Å². The van der Waals surface area contributed by atoms with Crippen molar-refractivity contribution in [3.63, 3.8) is 0 Å². The molecule has 3 nitrogen and oxygen atoms in total. The lowest BCUT2D eigenvalue weighted by Crippen LogP contribution is -2.31. The van der Waals surface area contributed by atoms with E-state index < -0.39 is 0 Å². The first-order valence-corrected chi connectivity index (χ1v) is 7.31. The van der Waals surface area contributed by atoms with E-state index in [0.717, 1.165) is 23.7 Å². The molecule has 0 amide bonds. The van der Waals surface area contributed by atoms with E-state index in [1.165, 1.54) is 0 Å². The number of aromatic nitrogens is 2. The SMILES string of the molecule is CCCCn1c(=O)n(CC)c(=S)c2ccc(Cl)cc21. The minimum Gasteiger partial charge on any atom is -0.293 e. The summed E-state index contributed by atoms with van der Waals surface area (Å²) in [6, 6.07) is 5.53. The van der Waals surface area contributed by atoms with E-state index >= 15 is 0 Å². The third-order valence-electron chi connectivity index (χ3n) is 3.24. The van der Waals surface area contributed by atoms with E-state index in [2.05, 4.69) is 6.92 Å². The number of unbranched alkanes of at least 4 members (excludes halogenated alkanes) is 1. The quantitative estimate of drug-likeness (QED) is 0.797. The van der Waals surface area contributed by atoms with Crippen LogP contribution in [0.15, 0.2) is 23.0 Å². The molecule has 0 spiro atoms. The van der Waals surface area contributed by atoms with Crippen LogP contribution in [0.5, 0.6) is 0 Å². The van der Waals surface area contributed by atoms with Gasteiger partial charge in [-0.3, -0.25) is 9.13 Å². The Labute approximate surface area is 122 Å². The first-order valence-electron chi connectivity index (χ1n) is 6.53. The van der Waals surface area contributed by atoms with Crippen LogP contribution in [-0.2, 0) is 13.1 Å². The van der Waals surface area contributed by atoms with Gasteiger partial charge in [-0.1, -0.05) is 37.2 Å². The fourth-order valence-electron chi connectivity index (χ4n) is 2.20. The Morgan fingerprint density at radius 2 is 2.00 bits per heavy atom. The molecule has 0 bridgehead atoms. The van der Waals surface area contributed by atoms with E-state index in [1.54, 1.807) is 9.13 Å². The van der Waals surface area contributed by atoms with Gasteiger partial charge in [-0.15, -0.1) is 0 Å². The van der Waals surface area contributed by atoms with Crippen molar-refractivity contribution in [3.8, 4) is 0 Å². The van der Waals surface area contributed by atoms with Gasteiger partial charge in [0, 0.05) is 23.5 Å². The molecule has 1 aromatic carbocycles. The molecule has 1 heterocycles. The maximum atomic E-state index is 12.5. The molecule has 0 saturated heterocycles. The molecular weight excluding hydrogens is 280 g/mol. The van der Waals surface area contributed by atoms with Crippen LogP contribution in [0.3, 0.4) is 0 Å². The minimum atomic E-state index is -0.0456. The first kappa shape index (κ1) is 14.3. The molecule has 0 saturated carbocycles. The lowest BCUT2D eigenvalue weighted by atomic mass is 10.2. The zero-order chi connectivity index (χ0) is 14.0. The van der Waals surface area contributed by atoms with Crippen molar-refractivity contribution in [1.82, 2.24) is 9.13 Å². The summed E-state index contributed by atoms with van der Waals surface area (Å²) < 4.78 is 4.01. The molecule has 0 N–H and O–H groups in total. The molecule has 0 aliphatic rings. The Balaban J connectivity index is 2.85. The number of aryl methyl sites for hydroxylation is 1. The van der Waals surface area contributed by atoms with Gasteiger partial charge in [-0.2, -0.15) is 0 Å². The van der Waals surface area contributed by atoms with Gasteiger partial charge >= 0.3 is 5.69 Å². The molecule has 5 heteroatoms. The Bertz CT molecular complexity index is 718. The zero-order valence-electron chi connectivity index (χ0n) is 11.1. The van der Waals surface area contributed by atoms with Crippen molar-refractivity contribution in [2.75, 3.05) is 0 Å². The van der Waals surface area contributed by atoms with Gasteiger partial charge in [0.05, 0.1) is 5.52 Å². The summed E-state index contributed by atoms with van der Waals surface area (Å²) in [6.07, 6.45) is 2.00. The number of hydrogen-bond acceptors (Lipinski definition) is 2. The number of hydrogen-bond donors (Lipinski definition) is 0. The molecule has 0 unspecified atom stereocenters. The zero-order valence-corrected chi connectivity index (χ0v) is 12.7. The van der Waals surface area contributed by atoms with Crippen LogP contribution in [0, 0.1) is 4.64 Å². The molecule has 0 fully saturated rings. The minimum absolute atomic E-state index is 0.0456. The second-order valence-corrected chi connectivity index (χ2v) is 5.32. The highest BCUT2D eigenvalue weighted by Crippen LogP contribution is 2.19. The van der Waals surface area contributed by atoms with E-state index in [9.17, 15) is 4.79 Å². The number of benzene rings is 1. The van der Waals surface area contributed by atoms with Crippen LogP contribution in [0.25, 0.3) is 10.9 Å². The number of rotatable bonds is 4. The van der Waals surface area contributed by atoms with Crippen molar-refractivity contribution in [3.05, 3.63) is 38.3 Å². The summed E-state index contributed by atoms with van der Waals surface area (Å²) in [5.74, 6) is 0. The molecule has 2 rings (SSSR count). The average Bonchev–Trinajstić information content (AvgIpc) is 2.39. The second kappa shape index (κ2) is 5.88. The summed E-state index contributed by atoms with van der Waals surface area (Å²) in [5, 5.41) is 1.54. The maximum absolute atomic E-state index is 12.5. The fraction of sp³-hybridized carbons (Fsp3) is 0.429. The van der Waals surface area contributed by atoms with Gasteiger partial charge in [0.2, 0.25) is 0 Å². The van der Waals surface area contributed by atoms with Crippen molar-refractivity contribution >= 4 is 34.7 Å². The summed E-state index contributed by atoms with van der Waals surface area (Å²) in [7, 11) is 0.